The second-order valence-electron chi connectivity index (χ2n) is 4.29. The van der Waals surface area contributed by atoms with Crippen molar-refractivity contribution in [2.75, 3.05) is 0 Å². The Labute approximate surface area is 90.4 Å². The van der Waals surface area contributed by atoms with E-state index in [1.807, 2.05) is 0 Å². The summed E-state index contributed by atoms with van der Waals surface area (Å²) < 4.78 is 30.0. The highest BCUT2D eigenvalue weighted by Crippen LogP contribution is 2.28. The molecule has 1 rings (SSSR count). The molecule has 1 aliphatic carbocycles. The van der Waals surface area contributed by atoms with Crippen molar-refractivity contribution in [3.63, 3.8) is 0 Å². The van der Waals surface area contributed by atoms with Crippen LogP contribution in [-0.2, 0) is 10.1 Å². The molecule has 0 aromatic rings. The molecule has 0 saturated heterocycles. The van der Waals surface area contributed by atoms with Crippen LogP contribution in [0.4, 0.5) is 0 Å². The molecule has 0 heterocycles. The molecule has 0 radical (unpaired) electrons. The summed E-state index contributed by atoms with van der Waals surface area (Å²) in [5, 5.41) is 7.97. The molecule has 15 heavy (non-hydrogen) atoms. The van der Waals surface area contributed by atoms with Gasteiger partial charge in [0.2, 0.25) is 0 Å². The van der Waals surface area contributed by atoms with Crippen molar-refractivity contribution in [1.82, 2.24) is 0 Å². The number of aliphatic hydroxyl groups is 1. The van der Waals surface area contributed by atoms with Crippen LogP contribution in [0.25, 0.3) is 0 Å². The molecule has 1 aliphatic rings. The maximum Gasteiger partial charge on any atom is 0.283 e. The highest BCUT2D eigenvalue weighted by atomic mass is 32.2. The summed E-state index contributed by atoms with van der Waals surface area (Å²) in [7, 11) is -4.33. The highest BCUT2D eigenvalue weighted by molar-refractivity contribution is 7.86. The van der Waals surface area contributed by atoms with Gasteiger partial charge in [-0.05, 0) is 12.3 Å². The number of hydrogen-bond donors (Lipinski definition) is 3. The van der Waals surface area contributed by atoms with E-state index in [2.05, 4.69) is 0 Å². The third-order valence-electron chi connectivity index (χ3n) is 3.02. The predicted molar refractivity (Wildman–Crippen MR) is 56.7 cm³/mol. The summed E-state index contributed by atoms with van der Waals surface area (Å²) in [4.78, 5) is 0. The highest BCUT2D eigenvalue weighted by Gasteiger charge is 2.29. The molecule has 1 fully saturated rings. The van der Waals surface area contributed by atoms with Gasteiger partial charge >= 0.3 is 0 Å². The molecule has 1 saturated carbocycles. The Morgan fingerprint density at radius 2 is 1.80 bits per heavy atom. The first-order valence-electron chi connectivity index (χ1n) is 5.31. The third kappa shape index (κ3) is 4.06. The average Bonchev–Trinajstić information content (AvgIpc) is 2.16. The fourth-order valence-electron chi connectivity index (χ4n) is 2.10. The van der Waals surface area contributed by atoms with E-state index in [1.54, 1.807) is 0 Å². The second kappa shape index (κ2) is 5.25. The van der Waals surface area contributed by atoms with Crippen LogP contribution in [-0.4, -0.2) is 29.6 Å². The van der Waals surface area contributed by atoms with Gasteiger partial charge in [-0.25, -0.2) is 0 Å². The molecule has 4 N–H and O–H groups in total. The second-order valence-corrected chi connectivity index (χ2v) is 5.86. The van der Waals surface area contributed by atoms with Gasteiger partial charge in [0.1, 0.15) is 0 Å². The topological polar surface area (TPSA) is 101 Å². The first-order chi connectivity index (χ1) is 6.91. The SMILES string of the molecule is NC(C(O)CC1CCCCC1)S(=O)(=O)O. The van der Waals surface area contributed by atoms with Gasteiger partial charge in [-0.1, -0.05) is 32.1 Å². The maximum atomic E-state index is 10.7. The quantitative estimate of drug-likeness (QED) is 0.618. The Morgan fingerprint density at radius 3 is 2.27 bits per heavy atom. The molecule has 5 nitrogen and oxygen atoms in total. The zero-order valence-electron chi connectivity index (χ0n) is 8.67. The Morgan fingerprint density at radius 1 is 1.27 bits per heavy atom. The van der Waals surface area contributed by atoms with E-state index in [4.69, 9.17) is 10.3 Å². The van der Waals surface area contributed by atoms with Crippen LogP contribution in [0.3, 0.4) is 0 Å². The molecule has 0 bridgehead atoms. The predicted octanol–water partition coefficient (Wildman–Crippen LogP) is 0.490. The van der Waals surface area contributed by atoms with Gasteiger partial charge < -0.3 is 10.8 Å². The summed E-state index contributed by atoms with van der Waals surface area (Å²) in [5.74, 6) is 0.335. The van der Waals surface area contributed by atoms with E-state index in [1.165, 1.54) is 6.42 Å². The lowest BCUT2D eigenvalue weighted by atomic mass is 9.85. The van der Waals surface area contributed by atoms with Gasteiger partial charge in [0.05, 0.1) is 6.10 Å². The standard InChI is InChI=1S/C9H19NO4S/c10-9(15(12,13)14)8(11)6-7-4-2-1-3-5-7/h7-9,11H,1-6,10H2,(H,12,13,14). The zero-order chi connectivity index (χ0) is 11.5. The van der Waals surface area contributed by atoms with Crippen LogP contribution in [0.2, 0.25) is 0 Å². The van der Waals surface area contributed by atoms with Crippen LogP contribution in [0.1, 0.15) is 38.5 Å². The molecule has 6 heteroatoms. The molecule has 2 atom stereocenters. The van der Waals surface area contributed by atoms with Gasteiger partial charge in [-0.3, -0.25) is 4.55 Å². The molecule has 0 aliphatic heterocycles. The van der Waals surface area contributed by atoms with Crippen LogP contribution in [0, 0.1) is 5.92 Å². The van der Waals surface area contributed by atoms with Gasteiger partial charge in [-0.15, -0.1) is 0 Å². The van der Waals surface area contributed by atoms with Crippen molar-refractivity contribution in [3.05, 3.63) is 0 Å². The van der Waals surface area contributed by atoms with Crippen LogP contribution >= 0.6 is 0 Å². The van der Waals surface area contributed by atoms with Crippen LogP contribution in [0.15, 0.2) is 0 Å². The van der Waals surface area contributed by atoms with E-state index >= 15 is 0 Å². The first kappa shape index (κ1) is 12.9. The van der Waals surface area contributed by atoms with E-state index in [-0.39, 0.29) is 0 Å². The Balaban J connectivity index is 2.43. The smallest absolute Gasteiger partial charge is 0.283 e. The molecule has 0 aromatic carbocycles. The molecular weight excluding hydrogens is 218 g/mol. The summed E-state index contributed by atoms with van der Waals surface area (Å²) in [6, 6.07) is 0. The fraction of sp³-hybridized carbons (Fsp3) is 1.00. The van der Waals surface area contributed by atoms with Crippen molar-refractivity contribution >= 4 is 10.1 Å². The summed E-state index contributed by atoms with van der Waals surface area (Å²) in [5.41, 5.74) is 5.22. The summed E-state index contributed by atoms with van der Waals surface area (Å²) in [6.07, 6.45) is 4.67. The normalized spacial score (nSPS) is 23.7. The lowest BCUT2D eigenvalue weighted by molar-refractivity contribution is 0.123. The Hall–Kier alpha value is -0.170. The Kier molecular flexibility index (Phi) is 4.51. The minimum atomic E-state index is -4.33. The van der Waals surface area contributed by atoms with E-state index in [9.17, 15) is 13.5 Å². The van der Waals surface area contributed by atoms with Gasteiger partial charge in [0.25, 0.3) is 10.1 Å². The van der Waals surface area contributed by atoms with E-state index < -0.39 is 21.6 Å². The minimum absolute atomic E-state index is 0.335. The lowest BCUT2D eigenvalue weighted by Crippen LogP contribution is -2.42. The van der Waals surface area contributed by atoms with Gasteiger partial charge in [0.15, 0.2) is 5.37 Å². The number of hydrogen-bond acceptors (Lipinski definition) is 4. The van der Waals surface area contributed by atoms with E-state index in [0.717, 1.165) is 25.7 Å². The molecule has 0 spiro atoms. The fourth-order valence-corrected chi connectivity index (χ4v) is 2.61. The number of aliphatic hydroxyl groups excluding tert-OH is 1. The number of rotatable bonds is 4. The molecule has 90 valence electrons. The van der Waals surface area contributed by atoms with Crippen molar-refractivity contribution < 1.29 is 18.1 Å². The molecule has 0 aromatic heterocycles. The molecule has 0 amide bonds. The van der Waals surface area contributed by atoms with Crippen molar-refractivity contribution in [2.24, 2.45) is 11.7 Å². The average molecular weight is 237 g/mol. The Bertz CT molecular complexity index is 284. The number of nitrogens with two attached hydrogens (primary N) is 1. The minimum Gasteiger partial charge on any atom is -0.390 e. The zero-order valence-corrected chi connectivity index (χ0v) is 9.49. The van der Waals surface area contributed by atoms with Gasteiger partial charge in [0, 0.05) is 0 Å². The summed E-state index contributed by atoms with van der Waals surface area (Å²) in [6.45, 7) is 0. The van der Waals surface area contributed by atoms with Crippen LogP contribution < -0.4 is 5.73 Å². The van der Waals surface area contributed by atoms with Crippen molar-refractivity contribution in [3.8, 4) is 0 Å². The van der Waals surface area contributed by atoms with Crippen LogP contribution in [0.5, 0.6) is 0 Å². The van der Waals surface area contributed by atoms with Gasteiger partial charge in [-0.2, -0.15) is 8.42 Å². The van der Waals surface area contributed by atoms with Crippen molar-refractivity contribution in [2.45, 2.75) is 50.0 Å². The van der Waals surface area contributed by atoms with E-state index in [0.29, 0.717) is 12.3 Å². The first-order valence-corrected chi connectivity index (χ1v) is 6.81. The maximum absolute atomic E-state index is 10.7. The monoisotopic (exact) mass is 237 g/mol. The molecule has 2 unspecified atom stereocenters. The lowest BCUT2D eigenvalue weighted by Gasteiger charge is -2.25. The van der Waals surface area contributed by atoms with Crippen molar-refractivity contribution in [1.29, 1.82) is 0 Å². The summed E-state index contributed by atoms with van der Waals surface area (Å²) >= 11 is 0. The largest absolute Gasteiger partial charge is 0.390 e. The third-order valence-corrected chi connectivity index (χ3v) is 4.02. The molecular formula is C9H19NO4S.